The largest absolute Gasteiger partial charge is 0.334 e. The number of carbonyl (C=O) groups excluding carboxylic acids is 1. The number of likely N-dealkylation sites (tertiary alicyclic amines) is 1. The maximum Gasteiger partial charge on any atom is 0.322 e. The summed E-state index contributed by atoms with van der Waals surface area (Å²) in [6.45, 7) is 5.61. The highest BCUT2D eigenvalue weighted by Gasteiger charge is 2.33. The van der Waals surface area contributed by atoms with Crippen LogP contribution in [0.5, 0.6) is 0 Å². The third-order valence-electron chi connectivity index (χ3n) is 6.46. The predicted molar refractivity (Wildman–Crippen MR) is 119 cm³/mol. The van der Waals surface area contributed by atoms with Gasteiger partial charge < -0.3 is 19.3 Å². The molecule has 2 aromatic heterocycles. The summed E-state index contributed by atoms with van der Waals surface area (Å²) >= 11 is 0. The molecule has 1 saturated heterocycles. The Morgan fingerprint density at radius 3 is 2.91 bits per heavy atom. The summed E-state index contributed by atoms with van der Waals surface area (Å²) in [5, 5.41) is 16.0. The van der Waals surface area contributed by atoms with Crippen molar-refractivity contribution >= 4 is 11.7 Å². The smallest absolute Gasteiger partial charge is 0.322 e. The molecule has 168 valence electrons. The van der Waals surface area contributed by atoms with Crippen LogP contribution in [-0.2, 0) is 19.4 Å². The first-order valence-corrected chi connectivity index (χ1v) is 11.6. The van der Waals surface area contributed by atoms with E-state index in [1.807, 2.05) is 36.9 Å². The molecule has 9 nitrogen and oxygen atoms in total. The highest BCUT2D eigenvalue weighted by molar-refractivity contribution is 5.91. The number of hydrogen-bond acceptors (Lipinski definition) is 6. The van der Waals surface area contributed by atoms with Gasteiger partial charge in [0, 0.05) is 37.2 Å². The van der Waals surface area contributed by atoms with E-state index < -0.39 is 0 Å². The molecule has 1 atom stereocenters. The second-order valence-electron chi connectivity index (χ2n) is 8.62. The zero-order valence-corrected chi connectivity index (χ0v) is 18.7. The number of carbonyl (C=O) groups is 1. The zero-order valence-electron chi connectivity index (χ0n) is 18.7. The molecular formula is C23H29N7O2. The lowest BCUT2D eigenvalue weighted by Gasteiger charge is -2.35. The quantitative estimate of drug-likeness (QED) is 0.656. The molecule has 0 aliphatic carbocycles. The number of aromatic nitrogens is 5. The standard InChI is InChI=1S/C23H29N7O2/c1-3-19-25-22(32-28-19)16-11-10-15(2)17(14-16)24-23(31)29-12-6-4-8-18(29)21-27-26-20-9-5-7-13-30(20)21/h10-11,14,18H,3-9,12-13H2,1-2H3,(H,24,31)/t18-/m1/s1. The Hall–Kier alpha value is -3.23. The van der Waals surface area contributed by atoms with Crippen molar-refractivity contribution in [3.8, 4) is 11.5 Å². The molecule has 2 amide bonds. The van der Waals surface area contributed by atoms with Crippen molar-refractivity contribution in [1.29, 1.82) is 0 Å². The van der Waals surface area contributed by atoms with Gasteiger partial charge in [-0.2, -0.15) is 4.98 Å². The highest BCUT2D eigenvalue weighted by atomic mass is 16.5. The fourth-order valence-electron chi connectivity index (χ4n) is 4.61. The minimum absolute atomic E-state index is 0.0466. The number of aryl methyl sites for hydroxylation is 3. The third-order valence-corrected chi connectivity index (χ3v) is 6.46. The van der Waals surface area contributed by atoms with E-state index in [0.717, 1.165) is 73.5 Å². The van der Waals surface area contributed by atoms with E-state index in [0.29, 0.717) is 24.7 Å². The van der Waals surface area contributed by atoms with Crippen LogP contribution in [0, 0.1) is 6.92 Å². The summed E-state index contributed by atoms with van der Waals surface area (Å²) in [7, 11) is 0. The van der Waals surface area contributed by atoms with Crippen LogP contribution in [0.3, 0.4) is 0 Å². The van der Waals surface area contributed by atoms with Gasteiger partial charge in [-0.05, 0) is 56.7 Å². The van der Waals surface area contributed by atoms with E-state index in [-0.39, 0.29) is 12.1 Å². The van der Waals surface area contributed by atoms with Crippen LogP contribution < -0.4 is 5.32 Å². The van der Waals surface area contributed by atoms with Crippen molar-refractivity contribution in [3.63, 3.8) is 0 Å². The second-order valence-corrected chi connectivity index (χ2v) is 8.62. The number of urea groups is 1. The fraction of sp³-hybridized carbons (Fsp3) is 0.522. The number of amides is 2. The number of nitrogens with one attached hydrogen (secondary N) is 1. The van der Waals surface area contributed by atoms with Gasteiger partial charge in [-0.15, -0.1) is 10.2 Å². The van der Waals surface area contributed by atoms with Crippen LogP contribution in [0.1, 0.15) is 68.1 Å². The zero-order chi connectivity index (χ0) is 22.1. The Kier molecular flexibility index (Phi) is 5.63. The van der Waals surface area contributed by atoms with Crippen LogP contribution in [0.15, 0.2) is 22.7 Å². The predicted octanol–water partition coefficient (Wildman–Crippen LogP) is 4.29. The fourth-order valence-corrected chi connectivity index (χ4v) is 4.61. The molecule has 0 unspecified atom stereocenters. The molecule has 0 saturated carbocycles. The van der Waals surface area contributed by atoms with Crippen LogP contribution in [-0.4, -0.2) is 42.4 Å². The highest BCUT2D eigenvalue weighted by Crippen LogP contribution is 2.33. The molecule has 9 heteroatoms. The average molecular weight is 436 g/mol. The van der Waals surface area contributed by atoms with E-state index in [4.69, 9.17) is 4.52 Å². The van der Waals surface area contributed by atoms with Crippen molar-refractivity contribution in [2.24, 2.45) is 0 Å². The van der Waals surface area contributed by atoms with Gasteiger partial charge in [0.25, 0.3) is 5.89 Å². The van der Waals surface area contributed by atoms with E-state index in [2.05, 4.69) is 30.2 Å². The molecule has 1 fully saturated rings. The van der Waals surface area contributed by atoms with Crippen molar-refractivity contribution in [1.82, 2.24) is 29.8 Å². The van der Waals surface area contributed by atoms with Gasteiger partial charge in [0.15, 0.2) is 11.6 Å². The summed E-state index contributed by atoms with van der Waals surface area (Å²) in [5.74, 6) is 3.10. The molecule has 0 bridgehead atoms. The minimum atomic E-state index is -0.108. The molecule has 1 aromatic carbocycles. The lowest BCUT2D eigenvalue weighted by Crippen LogP contribution is -2.42. The van der Waals surface area contributed by atoms with Gasteiger partial charge in [0.2, 0.25) is 0 Å². The molecule has 2 aliphatic rings. The van der Waals surface area contributed by atoms with E-state index in [1.165, 1.54) is 0 Å². The molecule has 2 aliphatic heterocycles. The molecular weight excluding hydrogens is 406 g/mol. The maximum atomic E-state index is 13.4. The Bertz CT molecular complexity index is 1120. The average Bonchev–Trinajstić information content (AvgIpc) is 3.48. The first-order chi connectivity index (χ1) is 15.6. The molecule has 3 aromatic rings. The van der Waals surface area contributed by atoms with Crippen LogP contribution in [0.25, 0.3) is 11.5 Å². The Labute approximate surface area is 187 Å². The number of nitrogens with zero attached hydrogens (tertiary/aromatic N) is 6. The Morgan fingerprint density at radius 2 is 2.06 bits per heavy atom. The van der Waals surface area contributed by atoms with E-state index in [1.54, 1.807) is 0 Å². The minimum Gasteiger partial charge on any atom is -0.334 e. The second kappa shape index (κ2) is 8.72. The van der Waals surface area contributed by atoms with Crippen LogP contribution >= 0.6 is 0 Å². The van der Waals surface area contributed by atoms with Gasteiger partial charge >= 0.3 is 6.03 Å². The lowest BCUT2D eigenvalue weighted by molar-refractivity contribution is 0.156. The summed E-state index contributed by atoms with van der Waals surface area (Å²) in [6, 6.07) is 5.64. The molecule has 0 radical (unpaired) electrons. The van der Waals surface area contributed by atoms with Crippen LogP contribution in [0.2, 0.25) is 0 Å². The van der Waals surface area contributed by atoms with Gasteiger partial charge in [0.1, 0.15) is 5.82 Å². The third kappa shape index (κ3) is 3.87. The monoisotopic (exact) mass is 435 g/mol. The first kappa shape index (κ1) is 20.7. The normalized spacial score (nSPS) is 18.4. The summed E-state index contributed by atoms with van der Waals surface area (Å²) in [4.78, 5) is 19.7. The molecule has 1 N–H and O–H groups in total. The van der Waals surface area contributed by atoms with Gasteiger partial charge in [-0.1, -0.05) is 18.1 Å². The van der Waals surface area contributed by atoms with Gasteiger partial charge in [-0.25, -0.2) is 4.79 Å². The molecule has 32 heavy (non-hydrogen) atoms. The first-order valence-electron chi connectivity index (χ1n) is 11.6. The number of benzene rings is 1. The Morgan fingerprint density at radius 1 is 1.19 bits per heavy atom. The topological polar surface area (TPSA) is 102 Å². The van der Waals surface area contributed by atoms with E-state index >= 15 is 0 Å². The molecule has 0 spiro atoms. The van der Waals surface area contributed by atoms with Crippen molar-refractivity contribution < 1.29 is 9.32 Å². The summed E-state index contributed by atoms with van der Waals surface area (Å²) in [6.07, 6.45) is 6.95. The number of anilines is 1. The summed E-state index contributed by atoms with van der Waals surface area (Å²) in [5.41, 5.74) is 2.52. The number of piperidine rings is 1. The summed E-state index contributed by atoms with van der Waals surface area (Å²) < 4.78 is 7.60. The van der Waals surface area contributed by atoms with Crippen molar-refractivity contribution in [3.05, 3.63) is 41.2 Å². The molecule has 5 rings (SSSR count). The van der Waals surface area contributed by atoms with Crippen molar-refractivity contribution in [2.75, 3.05) is 11.9 Å². The molecule has 4 heterocycles. The van der Waals surface area contributed by atoms with Crippen molar-refractivity contribution in [2.45, 2.75) is 71.4 Å². The lowest BCUT2D eigenvalue weighted by atomic mass is 10.0. The van der Waals surface area contributed by atoms with Crippen LogP contribution in [0.4, 0.5) is 10.5 Å². The van der Waals surface area contributed by atoms with Gasteiger partial charge in [-0.3, -0.25) is 0 Å². The number of rotatable bonds is 4. The van der Waals surface area contributed by atoms with Gasteiger partial charge in [0.05, 0.1) is 6.04 Å². The maximum absolute atomic E-state index is 13.4. The van der Waals surface area contributed by atoms with E-state index in [9.17, 15) is 4.79 Å². The number of hydrogen-bond donors (Lipinski definition) is 1. The SMILES string of the molecule is CCc1noc(-c2ccc(C)c(NC(=O)N3CCCC[C@@H]3c3nnc4n3CCCC4)c2)n1. The Balaban J connectivity index is 1.38. The number of fused-ring (bicyclic) bond motifs is 1.